The van der Waals surface area contributed by atoms with Gasteiger partial charge in [-0.25, -0.2) is 0 Å². The van der Waals surface area contributed by atoms with Crippen molar-refractivity contribution < 1.29 is 28.5 Å². The van der Waals surface area contributed by atoms with Crippen LogP contribution in [0, 0.1) is 6.92 Å². The highest BCUT2D eigenvalue weighted by molar-refractivity contribution is 5.73. The molecule has 45 heavy (non-hydrogen) atoms. The molecule has 12 heteroatoms. The Labute approximate surface area is 264 Å². The van der Waals surface area contributed by atoms with Gasteiger partial charge in [-0.3, -0.25) is 19.4 Å². The van der Waals surface area contributed by atoms with Crippen LogP contribution in [0.1, 0.15) is 41.7 Å². The van der Waals surface area contributed by atoms with Gasteiger partial charge in [0.05, 0.1) is 13.2 Å². The third-order valence-corrected chi connectivity index (χ3v) is 7.79. The maximum absolute atomic E-state index is 11.1. The van der Waals surface area contributed by atoms with E-state index in [0.29, 0.717) is 76.4 Å². The number of nitrogens with zero attached hydrogens (tertiary/aromatic N) is 4. The third-order valence-electron chi connectivity index (χ3n) is 7.79. The summed E-state index contributed by atoms with van der Waals surface area (Å²) in [5, 5.41) is 5.62. The zero-order valence-electron chi connectivity index (χ0n) is 26.3. The molecule has 0 fully saturated rings. The molecule has 2 aliphatic rings. The lowest BCUT2D eigenvalue weighted by Crippen LogP contribution is -2.38. The van der Waals surface area contributed by atoms with Gasteiger partial charge in [0, 0.05) is 89.2 Å². The first-order chi connectivity index (χ1) is 21.8. The van der Waals surface area contributed by atoms with E-state index in [-0.39, 0.29) is 11.8 Å². The lowest BCUT2D eigenvalue weighted by molar-refractivity contribution is -0.119. The van der Waals surface area contributed by atoms with E-state index < -0.39 is 0 Å². The molecule has 4 heterocycles. The van der Waals surface area contributed by atoms with Gasteiger partial charge in [-0.2, -0.15) is 9.97 Å². The number of hydrogen-bond donors (Lipinski definition) is 2. The molecule has 240 valence electrons. The minimum absolute atomic E-state index is 0.0337. The molecular weight excluding hydrogens is 576 g/mol. The van der Waals surface area contributed by atoms with E-state index >= 15 is 0 Å². The molecule has 5 rings (SSSR count). The predicted octanol–water partition coefficient (Wildman–Crippen LogP) is 2.60. The second kappa shape index (κ2) is 15.5. The maximum atomic E-state index is 11.1. The Bertz CT molecular complexity index is 1380. The normalized spacial score (nSPS) is 14.4. The van der Waals surface area contributed by atoms with Crippen molar-refractivity contribution in [2.75, 3.05) is 52.9 Å². The van der Waals surface area contributed by atoms with Crippen LogP contribution < -0.4 is 29.6 Å². The molecule has 0 atom stereocenters. The van der Waals surface area contributed by atoms with E-state index in [1.54, 1.807) is 0 Å². The van der Waals surface area contributed by atoms with Crippen LogP contribution in [0.5, 0.6) is 23.5 Å². The number of pyridine rings is 2. The van der Waals surface area contributed by atoms with Gasteiger partial charge in [0.25, 0.3) is 0 Å². The zero-order valence-corrected chi connectivity index (χ0v) is 26.3. The molecule has 0 unspecified atom stereocenters. The Morgan fingerprint density at radius 2 is 1.22 bits per heavy atom. The fourth-order valence-corrected chi connectivity index (χ4v) is 5.31. The minimum atomic E-state index is -0.0337. The van der Waals surface area contributed by atoms with Crippen LogP contribution in [-0.2, 0) is 35.5 Å². The number of amides is 2. The molecule has 2 N–H and O–H groups in total. The fourth-order valence-electron chi connectivity index (χ4n) is 5.31. The van der Waals surface area contributed by atoms with Crippen molar-refractivity contribution in [3.63, 3.8) is 0 Å². The monoisotopic (exact) mass is 618 g/mol. The molecule has 0 spiro atoms. The molecule has 0 saturated heterocycles. The van der Waals surface area contributed by atoms with E-state index in [1.165, 1.54) is 30.5 Å². The van der Waals surface area contributed by atoms with Gasteiger partial charge in [0.2, 0.25) is 35.3 Å². The molecule has 0 saturated carbocycles. The molecule has 12 nitrogen and oxygen atoms in total. The quantitative estimate of drug-likeness (QED) is 0.278. The van der Waals surface area contributed by atoms with Crippen LogP contribution in [-0.4, -0.2) is 84.4 Å². The molecule has 0 bridgehead atoms. The summed E-state index contributed by atoms with van der Waals surface area (Å²) in [6.07, 6.45) is 1.51. The fraction of sp³-hybridized carbons (Fsp3) is 0.455. The summed E-state index contributed by atoms with van der Waals surface area (Å²) in [6, 6.07) is 14.1. The Morgan fingerprint density at radius 3 is 1.67 bits per heavy atom. The van der Waals surface area contributed by atoms with Crippen molar-refractivity contribution in [1.29, 1.82) is 0 Å². The Hall–Kier alpha value is -4.42. The van der Waals surface area contributed by atoms with E-state index in [1.807, 2.05) is 24.3 Å². The van der Waals surface area contributed by atoms with Crippen molar-refractivity contribution in [1.82, 2.24) is 30.4 Å². The Kier molecular flexibility index (Phi) is 11.0. The smallest absolute Gasteiger partial charge is 0.222 e. The van der Waals surface area contributed by atoms with Crippen LogP contribution in [0.4, 0.5) is 0 Å². The lowest BCUT2D eigenvalue weighted by Gasteiger charge is -2.28. The first-order valence-electron chi connectivity index (χ1n) is 15.4. The van der Waals surface area contributed by atoms with Crippen LogP contribution in [0.25, 0.3) is 0 Å². The standard InChI is InChI=1S/C33H42N6O6/c1-23-26(11-17-42-30-9-7-28-19-38(15-13-34-24(2)40)21-44-32(28)36-30)5-4-6-27(23)12-18-43-31-10-8-29-20-39(16-14-35-25(3)41)22-45-33(29)37-31/h4-10H,11-22H2,1-3H3,(H,34,40)(H,35,41). The van der Waals surface area contributed by atoms with E-state index in [4.69, 9.17) is 18.9 Å². The van der Waals surface area contributed by atoms with Crippen LogP contribution in [0.15, 0.2) is 42.5 Å². The number of nitrogens with one attached hydrogen (secondary N) is 2. The van der Waals surface area contributed by atoms with Crippen LogP contribution >= 0.6 is 0 Å². The zero-order chi connectivity index (χ0) is 31.6. The average molecular weight is 619 g/mol. The van der Waals surface area contributed by atoms with Gasteiger partial charge in [0.1, 0.15) is 13.5 Å². The maximum Gasteiger partial charge on any atom is 0.222 e. The number of hydrogen-bond acceptors (Lipinski definition) is 10. The minimum Gasteiger partial charge on any atom is -0.477 e. The van der Waals surface area contributed by atoms with Gasteiger partial charge in [-0.15, -0.1) is 0 Å². The van der Waals surface area contributed by atoms with Gasteiger partial charge in [-0.1, -0.05) is 18.2 Å². The molecule has 0 radical (unpaired) electrons. The highest BCUT2D eigenvalue weighted by atomic mass is 16.5. The van der Waals surface area contributed by atoms with Crippen molar-refractivity contribution >= 4 is 11.8 Å². The SMILES string of the molecule is CC(=O)NCCN1COc2nc(OCCc3cccc(CCOc4ccc5c(n4)OCN(CCNC(C)=O)C5)c3C)ccc2C1. The number of carbonyl (C=O) groups is 2. The van der Waals surface area contributed by atoms with Crippen molar-refractivity contribution in [3.8, 4) is 23.5 Å². The molecule has 3 aromatic rings. The predicted molar refractivity (Wildman–Crippen MR) is 167 cm³/mol. The molecule has 2 aliphatic heterocycles. The second-order valence-electron chi connectivity index (χ2n) is 11.2. The molecule has 1 aromatic carbocycles. The summed E-state index contributed by atoms with van der Waals surface area (Å²) >= 11 is 0. The van der Waals surface area contributed by atoms with Gasteiger partial charge < -0.3 is 29.6 Å². The van der Waals surface area contributed by atoms with E-state index in [2.05, 4.69) is 55.5 Å². The number of rotatable bonds is 14. The number of aromatic nitrogens is 2. The van der Waals surface area contributed by atoms with Gasteiger partial charge in [-0.05, 0) is 35.7 Å². The third kappa shape index (κ3) is 9.29. The van der Waals surface area contributed by atoms with Crippen LogP contribution in [0.3, 0.4) is 0 Å². The summed E-state index contributed by atoms with van der Waals surface area (Å²) < 4.78 is 23.7. The highest BCUT2D eigenvalue weighted by Crippen LogP contribution is 2.27. The van der Waals surface area contributed by atoms with E-state index in [0.717, 1.165) is 37.1 Å². The van der Waals surface area contributed by atoms with Crippen molar-refractivity contribution in [2.45, 2.75) is 46.7 Å². The lowest BCUT2D eigenvalue weighted by atomic mass is 9.98. The van der Waals surface area contributed by atoms with Crippen molar-refractivity contribution in [3.05, 3.63) is 70.3 Å². The number of fused-ring (bicyclic) bond motifs is 2. The number of ether oxygens (including phenoxy) is 4. The summed E-state index contributed by atoms with van der Waals surface area (Å²) in [5.74, 6) is 2.22. The van der Waals surface area contributed by atoms with Gasteiger partial charge in [0.15, 0.2) is 0 Å². The molecule has 2 aromatic heterocycles. The molecule has 2 amide bonds. The molecule has 0 aliphatic carbocycles. The summed E-state index contributed by atoms with van der Waals surface area (Å²) in [6.45, 7) is 11.0. The Morgan fingerprint density at radius 1 is 0.756 bits per heavy atom. The van der Waals surface area contributed by atoms with Crippen LogP contribution in [0.2, 0.25) is 0 Å². The largest absolute Gasteiger partial charge is 0.477 e. The summed E-state index contributed by atoms with van der Waals surface area (Å²) in [4.78, 5) is 35.5. The van der Waals surface area contributed by atoms with E-state index in [9.17, 15) is 9.59 Å². The number of carbonyl (C=O) groups excluding carboxylic acids is 2. The Balaban J connectivity index is 1.05. The number of benzene rings is 1. The molecular formula is C33H42N6O6. The summed E-state index contributed by atoms with van der Waals surface area (Å²) in [7, 11) is 0. The average Bonchev–Trinajstić information content (AvgIpc) is 3.02. The first kappa shape index (κ1) is 32.0. The highest BCUT2D eigenvalue weighted by Gasteiger charge is 2.20. The van der Waals surface area contributed by atoms with Crippen molar-refractivity contribution in [2.24, 2.45) is 0 Å². The van der Waals surface area contributed by atoms with Gasteiger partial charge >= 0.3 is 0 Å². The topological polar surface area (TPSA) is 127 Å². The summed E-state index contributed by atoms with van der Waals surface area (Å²) in [5.41, 5.74) is 5.68. The first-order valence-corrected chi connectivity index (χ1v) is 15.4. The second-order valence-corrected chi connectivity index (χ2v) is 11.2.